The van der Waals surface area contributed by atoms with Gasteiger partial charge in [-0.15, -0.1) is 0 Å². The minimum absolute atomic E-state index is 0.103. The van der Waals surface area contributed by atoms with Gasteiger partial charge in [0.15, 0.2) is 0 Å². The first kappa shape index (κ1) is 28.7. The molecule has 1 N–H and O–H groups in total. The Morgan fingerprint density at radius 1 is 1.13 bits per heavy atom. The van der Waals surface area contributed by atoms with Crippen molar-refractivity contribution in [2.75, 3.05) is 31.5 Å². The molecule has 2 heterocycles. The highest BCUT2D eigenvalue weighted by Crippen LogP contribution is 2.45. The molecule has 1 saturated heterocycles. The van der Waals surface area contributed by atoms with Crippen LogP contribution >= 0.6 is 23.2 Å². The largest absolute Gasteiger partial charge is 0.343 e. The SMILES string of the molecule is C=C(C)C1CCN(C(=O)CCN(CC(C)(C)C)C2(Cc3cccc(Cl)c3)C(=O)Nc3cc(Cl)ccc32)CC1. The zero-order chi connectivity index (χ0) is 27.7. The van der Waals surface area contributed by atoms with Crippen LogP contribution in [-0.2, 0) is 21.5 Å². The Kier molecular flexibility index (Phi) is 8.61. The summed E-state index contributed by atoms with van der Waals surface area (Å²) in [5, 5.41) is 4.29. The number of piperidine rings is 1. The van der Waals surface area contributed by atoms with Crippen molar-refractivity contribution in [3.05, 3.63) is 75.8 Å². The van der Waals surface area contributed by atoms with Gasteiger partial charge in [-0.3, -0.25) is 14.5 Å². The van der Waals surface area contributed by atoms with Crippen LogP contribution in [0.15, 0.2) is 54.6 Å². The van der Waals surface area contributed by atoms with Crippen molar-refractivity contribution in [1.82, 2.24) is 9.80 Å². The van der Waals surface area contributed by atoms with Gasteiger partial charge in [0.2, 0.25) is 11.8 Å². The van der Waals surface area contributed by atoms with Crippen LogP contribution in [0.4, 0.5) is 5.69 Å². The molecule has 7 heteroatoms. The Morgan fingerprint density at radius 2 is 1.82 bits per heavy atom. The number of rotatable bonds is 8. The van der Waals surface area contributed by atoms with Crippen LogP contribution in [0.5, 0.6) is 0 Å². The smallest absolute Gasteiger partial charge is 0.249 e. The number of anilines is 1. The first-order valence-electron chi connectivity index (χ1n) is 13.4. The van der Waals surface area contributed by atoms with Gasteiger partial charge >= 0.3 is 0 Å². The Bertz CT molecular complexity index is 1210. The van der Waals surface area contributed by atoms with Crippen LogP contribution in [0.25, 0.3) is 0 Å². The van der Waals surface area contributed by atoms with Crippen molar-refractivity contribution in [3.63, 3.8) is 0 Å². The molecule has 2 amide bonds. The quantitative estimate of drug-likeness (QED) is 0.359. The molecule has 2 aliphatic rings. The van der Waals surface area contributed by atoms with Crippen LogP contribution in [0.2, 0.25) is 10.0 Å². The molecule has 2 aliphatic heterocycles. The summed E-state index contributed by atoms with van der Waals surface area (Å²) >= 11 is 12.7. The van der Waals surface area contributed by atoms with E-state index in [4.69, 9.17) is 23.2 Å². The van der Waals surface area contributed by atoms with Gasteiger partial charge in [-0.05, 0) is 60.9 Å². The van der Waals surface area contributed by atoms with Crippen LogP contribution in [0.1, 0.15) is 58.1 Å². The minimum atomic E-state index is -0.995. The standard InChI is InChI=1S/C31H39Cl2N3O2/c1-21(2)23-11-14-35(15-12-23)28(37)13-16-36(20-30(3,4)5)31(19-22-7-6-8-24(32)17-22)26-10-9-25(33)18-27(26)34-29(31)38/h6-10,17-18,23H,1,11-16,19-20H2,2-5H3,(H,34,38). The fourth-order valence-electron chi connectivity index (χ4n) is 5.86. The Labute approximate surface area is 237 Å². The van der Waals surface area contributed by atoms with Crippen molar-refractivity contribution in [2.24, 2.45) is 11.3 Å². The van der Waals surface area contributed by atoms with Crippen molar-refractivity contribution >= 4 is 40.7 Å². The van der Waals surface area contributed by atoms with Crippen molar-refractivity contribution < 1.29 is 9.59 Å². The van der Waals surface area contributed by atoms with E-state index in [1.54, 1.807) is 6.07 Å². The van der Waals surface area contributed by atoms with E-state index < -0.39 is 5.54 Å². The minimum Gasteiger partial charge on any atom is -0.343 e. The number of hydrogen-bond acceptors (Lipinski definition) is 3. The summed E-state index contributed by atoms with van der Waals surface area (Å²) in [6.45, 7) is 15.3. The van der Waals surface area contributed by atoms with Gasteiger partial charge in [-0.2, -0.15) is 0 Å². The molecule has 0 saturated carbocycles. The van der Waals surface area contributed by atoms with E-state index in [9.17, 15) is 9.59 Å². The van der Waals surface area contributed by atoms with Gasteiger partial charge < -0.3 is 10.2 Å². The van der Waals surface area contributed by atoms with E-state index in [0.29, 0.717) is 41.9 Å². The third kappa shape index (κ3) is 6.27. The summed E-state index contributed by atoms with van der Waals surface area (Å²) in [7, 11) is 0. The number of fused-ring (bicyclic) bond motifs is 1. The number of hydrogen-bond donors (Lipinski definition) is 1. The summed E-state index contributed by atoms with van der Waals surface area (Å²) in [5.41, 5.74) is 2.65. The number of nitrogens with zero attached hydrogens (tertiary/aromatic N) is 2. The molecule has 4 rings (SSSR count). The molecule has 1 atom stereocenters. The maximum absolute atomic E-state index is 14.0. The molecule has 204 valence electrons. The van der Waals surface area contributed by atoms with Gasteiger partial charge in [-0.1, -0.05) is 74.3 Å². The second-order valence-electron chi connectivity index (χ2n) is 12.0. The first-order valence-corrected chi connectivity index (χ1v) is 14.2. The topological polar surface area (TPSA) is 52.7 Å². The van der Waals surface area contributed by atoms with E-state index in [2.05, 4.69) is 44.5 Å². The van der Waals surface area contributed by atoms with Gasteiger partial charge in [0.1, 0.15) is 5.54 Å². The number of carbonyl (C=O) groups excluding carboxylic acids is 2. The summed E-state index contributed by atoms with van der Waals surface area (Å²) in [6.07, 6.45) is 2.70. The third-order valence-corrected chi connectivity index (χ3v) is 8.22. The predicted molar refractivity (Wildman–Crippen MR) is 157 cm³/mol. The van der Waals surface area contributed by atoms with E-state index in [0.717, 1.165) is 42.7 Å². The number of halogens is 2. The second-order valence-corrected chi connectivity index (χ2v) is 12.9. The maximum atomic E-state index is 14.0. The molecule has 0 bridgehead atoms. The lowest BCUT2D eigenvalue weighted by Crippen LogP contribution is -2.56. The lowest BCUT2D eigenvalue weighted by Gasteiger charge is -2.43. The number of allylic oxidation sites excluding steroid dienone is 1. The Hall–Kier alpha value is -2.34. The van der Waals surface area contributed by atoms with Crippen molar-refractivity contribution in [1.29, 1.82) is 0 Å². The zero-order valence-corrected chi connectivity index (χ0v) is 24.5. The van der Waals surface area contributed by atoms with Crippen LogP contribution in [0.3, 0.4) is 0 Å². The number of amides is 2. The van der Waals surface area contributed by atoms with E-state index in [1.165, 1.54) is 5.57 Å². The molecular formula is C31H39Cl2N3O2. The summed E-state index contributed by atoms with van der Waals surface area (Å²) in [6, 6.07) is 13.2. The summed E-state index contributed by atoms with van der Waals surface area (Å²) in [4.78, 5) is 31.6. The fourth-order valence-corrected chi connectivity index (χ4v) is 6.25. The molecule has 0 aliphatic carbocycles. The monoisotopic (exact) mass is 555 g/mol. The highest BCUT2D eigenvalue weighted by atomic mass is 35.5. The molecule has 5 nitrogen and oxygen atoms in total. The molecule has 2 aromatic rings. The van der Waals surface area contributed by atoms with Gasteiger partial charge in [0.05, 0.1) is 0 Å². The third-order valence-electron chi connectivity index (χ3n) is 7.75. The van der Waals surface area contributed by atoms with E-state index in [1.807, 2.05) is 41.3 Å². The van der Waals surface area contributed by atoms with Gasteiger partial charge in [0.25, 0.3) is 0 Å². The van der Waals surface area contributed by atoms with E-state index >= 15 is 0 Å². The predicted octanol–water partition coefficient (Wildman–Crippen LogP) is 6.94. The number of likely N-dealkylation sites (tertiary alicyclic amines) is 1. The lowest BCUT2D eigenvalue weighted by atomic mass is 9.81. The molecule has 0 spiro atoms. The number of carbonyl (C=O) groups is 2. The normalized spacial score (nSPS) is 20.0. The Balaban J connectivity index is 1.67. The zero-order valence-electron chi connectivity index (χ0n) is 22.9. The van der Waals surface area contributed by atoms with Crippen LogP contribution in [0, 0.1) is 11.3 Å². The highest BCUT2D eigenvalue weighted by molar-refractivity contribution is 6.31. The first-order chi connectivity index (χ1) is 17.9. The Morgan fingerprint density at radius 3 is 2.45 bits per heavy atom. The summed E-state index contributed by atoms with van der Waals surface area (Å²) < 4.78 is 0. The molecule has 2 aromatic carbocycles. The average molecular weight is 557 g/mol. The maximum Gasteiger partial charge on any atom is 0.249 e. The van der Waals surface area contributed by atoms with Gasteiger partial charge in [0, 0.05) is 60.3 Å². The van der Waals surface area contributed by atoms with Crippen molar-refractivity contribution in [2.45, 2.75) is 58.9 Å². The lowest BCUT2D eigenvalue weighted by molar-refractivity contribution is -0.136. The fraction of sp³-hybridized carbons (Fsp3) is 0.484. The highest BCUT2D eigenvalue weighted by Gasteiger charge is 2.52. The molecule has 1 fully saturated rings. The van der Waals surface area contributed by atoms with Crippen LogP contribution in [-0.4, -0.2) is 47.8 Å². The van der Waals surface area contributed by atoms with Crippen LogP contribution < -0.4 is 5.32 Å². The molecular weight excluding hydrogens is 517 g/mol. The van der Waals surface area contributed by atoms with E-state index in [-0.39, 0.29) is 17.2 Å². The molecule has 0 radical (unpaired) electrons. The molecule has 1 unspecified atom stereocenters. The second kappa shape index (κ2) is 11.4. The number of nitrogens with one attached hydrogen (secondary N) is 1. The molecule has 0 aromatic heterocycles. The molecule has 38 heavy (non-hydrogen) atoms. The van der Waals surface area contributed by atoms with Crippen molar-refractivity contribution in [3.8, 4) is 0 Å². The average Bonchev–Trinajstić information content (AvgIpc) is 3.11. The summed E-state index contributed by atoms with van der Waals surface area (Å²) in [5.74, 6) is 0.522. The number of benzene rings is 2. The van der Waals surface area contributed by atoms with Gasteiger partial charge in [-0.25, -0.2) is 0 Å².